The summed E-state index contributed by atoms with van der Waals surface area (Å²) < 4.78 is 13.0. The Kier molecular flexibility index (Phi) is 5.06. The van der Waals surface area contributed by atoms with Gasteiger partial charge >= 0.3 is 6.03 Å². The fourth-order valence-corrected chi connectivity index (χ4v) is 2.82. The lowest BCUT2D eigenvalue weighted by molar-refractivity contribution is 0.0501. The minimum atomic E-state index is -0.746. The van der Waals surface area contributed by atoms with E-state index in [0.29, 0.717) is 6.54 Å². The van der Waals surface area contributed by atoms with Crippen molar-refractivity contribution in [2.45, 2.75) is 50.5 Å². The van der Waals surface area contributed by atoms with Crippen LogP contribution in [0.5, 0.6) is 0 Å². The molecule has 22 heavy (non-hydrogen) atoms. The van der Waals surface area contributed by atoms with Crippen molar-refractivity contribution in [3.8, 4) is 0 Å². The van der Waals surface area contributed by atoms with Gasteiger partial charge in [0.1, 0.15) is 5.82 Å². The van der Waals surface area contributed by atoms with Gasteiger partial charge in [0.25, 0.3) is 0 Å². The second-order valence-electron chi connectivity index (χ2n) is 6.86. The normalized spacial score (nSPS) is 17.3. The van der Waals surface area contributed by atoms with Crippen molar-refractivity contribution in [2.24, 2.45) is 0 Å². The molecule has 0 bridgehead atoms. The summed E-state index contributed by atoms with van der Waals surface area (Å²) in [6.45, 7) is 4.70. The molecular weight excluding hydrogens is 283 g/mol. The second-order valence-corrected chi connectivity index (χ2v) is 6.86. The maximum atomic E-state index is 13.0. The summed E-state index contributed by atoms with van der Waals surface area (Å²) in [5.74, 6) is -0.268. The van der Waals surface area contributed by atoms with Crippen LogP contribution >= 0.6 is 0 Å². The lowest BCUT2D eigenvalue weighted by atomic mass is 9.84. The van der Waals surface area contributed by atoms with Crippen LogP contribution in [0.1, 0.15) is 45.1 Å². The van der Waals surface area contributed by atoms with Crippen molar-refractivity contribution in [2.75, 3.05) is 13.1 Å². The van der Waals surface area contributed by atoms with Gasteiger partial charge in [0.05, 0.1) is 5.60 Å². The molecule has 1 aromatic carbocycles. The Morgan fingerprint density at radius 3 is 2.41 bits per heavy atom. The standard InChI is InChI=1S/C17H25FN2O2/c1-16(2,13-5-7-14(18)8-6-13)11-19-15(21)20-12-17(22)9-3-4-10-17/h5-8,22H,3-4,9-12H2,1-2H3,(H2,19,20,21). The van der Waals surface area contributed by atoms with Gasteiger partial charge in [-0.25, -0.2) is 9.18 Å². The average molecular weight is 308 g/mol. The lowest BCUT2D eigenvalue weighted by Crippen LogP contribution is -2.47. The fourth-order valence-electron chi connectivity index (χ4n) is 2.82. The molecule has 0 atom stereocenters. The van der Waals surface area contributed by atoms with Crippen LogP contribution in [0, 0.1) is 5.82 Å². The summed E-state index contributed by atoms with van der Waals surface area (Å²) >= 11 is 0. The number of amides is 2. The molecular formula is C17H25FN2O2. The molecule has 2 rings (SSSR count). The molecule has 0 unspecified atom stereocenters. The molecule has 0 heterocycles. The van der Waals surface area contributed by atoms with Crippen LogP contribution in [0.3, 0.4) is 0 Å². The van der Waals surface area contributed by atoms with Gasteiger partial charge in [0.15, 0.2) is 0 Å². The van der Waals surface area contributed by atoms with Crippen LogP contribution in [0.2, 0.25) is 0 Å². The van der Waals surface area contributed by atoms with E-state index in [9.17, 15) is 14.3 Å². The van der Waals surface area contributed by atoms with E-state index in [1.165, 1.54) is 12.1 Å². The molecule has 122 valence electrons. The number of carbonyl (C=O) groups excluding carboxylic acids is 1. The van der Waals surface area contributed by atoms with E-state index in [2.05, 4.69) is 10.6 Å². The summed E-state index contributed by atoms with van der Waals surface area (Å²) in [5.41, 5.74) is -0.0809. The third kappa shape index (κ3) is 4.44. The van der Waals surface area contributed by atoms with Crippen LogP contribution < -0.4 is 10.6 Å². The SMILES string of the molecule is CC(C)(CNC(=O)NCC1(O)CCCC1)c1ccc(F)cc1. The second kappa shape index (κ2) is 6.65. The number of benzene rings is 1. The maximum absolute atomic E-state index is 13.0. The first-order valence-corrected chi connectivity index (χ1v) is 7.81. The van der Waals surface area contributed by atoms with Gasteiger partial charge in [-0.1, -0.05) is 38.8 Å². The van der Waals surface area contributed by atoms with Crippen molar-refractivity contribution in [1.29, 1.82) is 0 Å². The largest absolute Gasteiger partial charge is 0.388 e. The molecule has 0 spiro atoms. The predicted octanol–water partition coefficient (Wildman–Crippen LogP) is 2.71. The minimum Gasteiger partial charge on any atom is -0.388 e. The molecule has 0 aliphatic heterocycles. The van der Waals surface area contributed by atoms with Gasteiger partial charge in [0, 0.05) is 18.5 Å². The Labute approximate surface area is 131 Å². The van der Waals surface area contributed by atoms with Crippen LogP contribution in [0.4, 0.5) is 9.18 Å². The van der Waals surface area contributed by atoms with E-state index < -0.39 is 5.60 Å². The Morgan fingerprint density at radius 1 is 1.23 bits per heavy atom. The molecule has 0 aromatic heterocycles. The molecule has 0 radical (unpaired) electrons. The highest BCUT2D eigenvalue weighted by molar-refractivity contribution is 5.74. The fraction of sp³-hybridized carbons (Fsp3) is 0.588. The first-order chi connectivity index (χ1) is 10.3. The highest BCUT2D eigenvalue weighted by Gasteiger charge is 2.31. The number of halogens is 1. The highest BCUT2D eigenvalue weighted by Crippen LogP contribution is 2.28. The Hall–Kier alpha value is -1.62. The Morgan fingerprint density at radius 2 is 1.82 bits per heavy atom. The van der Waals surface area contributed by atoms with Gasteiger partial charge in [-0.3, -0.25) is 0 Å². The lowest BCUT2D eigenvalue weighted by Gasteiger charge is -2.27. The van der Waals surface area contributed by atoms with Gasteiger partial charge < -0.3 is 15.7 Å². The summed E-state index contributed by atoms with van der Waals surface area (Å²) in [7, 11) is 0. The van der Waals surface area contributed by atoms with Crippen molar-refractivity contribution in [3.63, 3.8) is 0 Å². The monoisotopic (exact) mass is 308 g/mol. The number of hydrogen-bond donors (Lipinski definition) is 3. The summed E-state index contributed by atoms with van der Waals surface area (Å²) in [6.07, 6.45) is 3.51. The molecule has 1 saturated carbocycles. The average Bonchev–Trinajstić information content (AvgIpc) is 2.91. The van der Waals surface area contributed by atoms with E-state index in [4.69, 9.17) is 0 Å². The highest BCUT2D eigenvalue weighted by atomic mass is 19.1. The molecule has 2 amide bonds. The van der Waals surface area contributed by atoms with Crippen LogP contribution in [0.15, 0.2) is 24.3 Å². The molecule has 5 heteroatoms. The molecule has 1 aromatic rings. The molecule has 1 aliphatic carbocycles. The minimum absolute atomic E-state index is 0.268. The number of hydrogen-bond acceptors (Lipinski definition) is 2. The van der Waals surface area contributed by atoms with E-state index in [0.717, 1.165) is 31.2 Å². The zero-order valence-electron chi connectivity index (χ0n) is 13.3. The number of rotatable bonds is 5. The maximum Gasteiger partial charge on any atom is 0.314 e. The van der Waals surface area contributed by atoms with E-state index in [1.54, 1.807) is 12.1 Å². The third-order valence-electron chi connectivity index (χ3n) is 4.43. The smallest absolute Gasteiger partial charge is 0.314 e. The Balaban J connectivity index is 1.80. The van der Waals surface area contributed by atoms with Gasteiger partial charge in [0.2, 0.25) is 0 Å². The summed E-state index contributed by atoms with van der Waals surface area (Å²) in [5, 5.41) is 15.8. The van der Waals surface area contributed by atoms with Gasteiger partial charge in [-0.2, -0.15) is 0 Å². The number of urea groups is 1. The first kappa shape index (κ1) is 16.7. The predicted molar refractivity (Wildman–Crippen MR) is 84.2 cm³/mol. The van der Waals surface area contributed by atoms with Crippen molar-refractivity contribution in [3.05, 3.63) is 35.6 Å². The number of aliphatic hydroxyl groups is 1. The molecule has 1 aliphatic rings. The summed E-state index contributed by atoms with van der Waals surface area (Å²) in [4.78, 5) is 11.9. The Bertz CT molecular complexity index is 508. The van der Waals surface area contributed by atoms with E-state index >= 15 is 0 Å². The van der Waals surface area contributed by atoms with Gasteiger partial charge in [-0.05, 0) is 30.5 Å². The molecule has 4 nitrogen and oxygen atoms in total. The van der Waals surface area contributed by atoms with Crippen molar-refractivity contribution >= 4 is 6.03 Å². The quantitative estimate of drug-likeness (QED) is 0.783. The van der Waals surface area contributed by atoms with Crippen molar-refractivity contribution in [1.82, 2.24) is 10.6 Å². The van der Waals surface area contributed by atoms with Gasteiger partial charge in [-0.15, -0.1) is 0 Å². The molecule has 0 saturated heterocycles. The number of carbonyl (C=O) groups is 1. The van der Waals surface area contributed by atoms with Crippen LogP contribution in [-0.2, 0) is 5.41 Å². The summed E-state index contributed by atoms with van der Waals surface area (Å²) in [6, 6.07) is 6.03. The van der Waals surface area contributed by atoms with E-state index in [-0.39, 0.29) is 23.8 Å². The first-order valence-electron chi connectivity index (χ1n) is 7.81. The zero-order chi connectivity index (χ0) is 16.2. The molecule has 3 N–H and O–H groups in total. The number of nitrogens with one attached hydrogen (secondary N) is 2. The molecule has 1 fully saturated rings. The zero-order valence-corrected chi connectivity index (χ0v) is 13.3. The topological polar surface area (TPSA) is 61.4 Å². The third-order valence-corrected chi connectivity index (χ3v) is 4.43. The van der Waals surface area contributed by atoms with Crippen molar-refractivity contribution < 1.29 is 14.3 Å². The van der Waals surface area contributed by atoms with Crippen LogP contribution in [0.25, 0.3) is 0 Å². The van der Waals surface area contributed by atoms with E-state index in [1.807, 2.05) is 13.8 Å². The van der Waals surface area contributed by atoms with Crippen LogP contribution in [-0.4, -0.2) is 29.8 Å².